The summed E-state index contributed by atoms with van der Waals surface area (Å²) in [6, 6.07) is 6.57. The van der Waals surface area contributed by atoms with Crippen molar-refractivity contribution >= 4 is 23.1 Å². The largest absolute Gasteiger partial charge is 0.365 e. The molecular weight excluding hydrogens is 456 g/mol. The Morgan fingerprint density at radius 1 is 1.11 bits per heavy atom. The Morgan fingerprint density at radius 3 is 2.74 bits per heavy atom. The first kappa shape index (κ1) is 22.5. The lowest BCUT2D eigenvalue weighted by Gasteiger charge is -2.24. The zero-order valence-corrected chi connectivity index (χ0v) is 19.5. The van der Waals surface area contributed by atoms with Crippen molar-refractivity contribution in [1.29, 1.82) is 0 Å². The van der Waals surface area contributed by atoms with Gasteiger partial charge in [0.1, 0.15) is 36.6 Å². The molecule has 0 spiro atoms. The Labute approximate surface area is 201 Å². The molecule has 0 bridgehead atoms. The number of fused-ring (bicyclic) bond motifs is 2. The highest BCUT2D eigenvalue weighted by Crippen LogP contribution is 2.44. The van der Waals surface area contributed by atoms with Crippen LogP contribution in [0.1, 0.15) is 44.9 Å². The minimum atomic E-state index is -0.801. The highest BCUT2D eigenvalue weighted by Gasteiger charge is 2.55. The van der Waals surface area contributed by atoms with E-state index in [1.54, 1.807) is 36.7 Å². The summed E-state index contributed by atoms with van der Waals surface area (Å²) < 4.78 is 48.3. The first-order valence-electron chi connectivity index (χ1n) is 11.9. The van der Waals surface area contributed by atoms with Gasteiger partial charge in [0.05, 0.1) is 6.33 Å². The maximum absolute atomic E-state index is 14.1. The van der Waals surface area contributed by atoms with Gasteiger partial charge in [-0.3, -0.25) is 4.57 Å². The molecule has 1 N–H and O–H groups in total. The second-order valence-corrected chi connectivity index (χ2v) is 9.73. The van der Waals surface area contributed by atoms with Gasteiger partial charge < -0.3 is 19.5 Å². The van der Waals surface area contributed by atoms with E-state index in [4.69, 9.17) is 14.2 Å². The van der Waals surface area contributed by atoms with Gasteiger partial charge in [-0.15, -0.1) is 0 Å². The molecular formula is C25H27F2N5O3. The summed E-state index contributed by atoms with van der Waals surface area (Å²) in [5, 5.41) is 3.32. The van der Waals surface area contributed by atoms with Crippen molar-refractivity contribution in [2.24, 2.45) is 0 Å². The van der Waals surface area contributed by atoms with Gasteiger partial charge in [-0.1, -0.05) is 30.4 Å². The van der Waals surface area contributed by atoms with Gasteiger partial charge in [-0.25, -0.2) is 23.7 Å². The van der Waals surface area contributed by atoms with Crippen molar-refractivity contribution in [1.82, 2.24) is 19.5 Å². The number of rotatable bonds is 5. The Bertz CT molecular complexity index is 1260. The maximum Gasteiger partial charge on any atom is 0.167 e. The Morgan fingerprint density at radius 2 is 1.94 bits per heavy atom. The maximum atomic E-state index is 14.1. The third-order valence-electron chi connectivity index (χ3n) is 6.78. The fraction of sp³-hybridized carbons (Fsp3) is 0.480. The molecule has 35 heavy (non-hydrogen) atoms. The fourth-order valence-electron chi connectivity index (χ4n) is 5.19. The van der Waals surface area contributed by atoms with Crippen molar-refractivity contribution in [3.8, 4) is 0 Å². The van der Waals surface area contributed by atoms with E-state index in [1.807, 2.05) is 18.4 Å². The van der Waals surface area contributed by atoms with Crippen LogP contribution < -0.4 is 5.32 Å². The van der Waals surface area contributed by atoms with Gasteiger partial charge in [-0.05, 0) is 39.2 Å². The zero-order chi connectivity index (χ0) is 24.2. The SMILES string of the molecule is CC1(C)OC2C(C=Cc3ccccc3F)OC(n3cnc4c(NC5CCC(F)C5)ncnc43)C2O1. The first-order chi connectivity index (χ1) is 16.9. The highest BCUT2D eigenvalue weighted by atomic mass is 19.1. The van der Waals surface area contributed by atoms with Crippen LogP contribution in [0.3, 0.4) is 0 Å². The number of imidazole rings is 1. The molecule has 3 aromatic rings. The van der Waals surface area contributed by atoms with Gasteiger partial charge in [0.2, 0.25) is 0 Å². The van der Waals surface area contributed by atoms with Gasteiger partial charge in [0.25, 0.3) is 0 Å². The standard InChI is InChI=1S/C25H27F2N5O3/c1-25(2)34-20-18(10-7-14-5-3-4-6-17(14)27)33-24(21(20)35-25)32-13-30-19-22(28-12-29-23(19)32)31-16-9-8-15(26)11-16/h3-7,10,12-13,15-16,18,20-21,24H,8-9,11H2,1-2H3,(H,28,29,31). The molecule has 6 unspecified atom stereocenters. The van der Waals surface area contributed by atoms with Crippen molar-refractivity contribution < 1.29 is 23.0 Å². The van der Waals surface area contributed by atoms with Crippen LogP contribution in [0.4, 0.5) is 14.6 Å². The van der Waals surface area contributed by atoms with E-state index in [2.05, 4.69) is 20.3 Å². The Kier molecular flexibility index (Phi) is 5.54. The monoisotopic (exact) mass is 483 g/mol. The smallest absolute Gasteiger partial charge is 0.167 e. The molecule has 4 heterocycles. The van der Waals surface area contributed by atoms with Crippen LogP contribution >= 0.6 is 0 Å². The van der Waals surface area contributed by atoms with Crippen LogP contribution in [-0.4, -0.2) is 55.8 Å². The number of aromatic nitrogens is 4. The molecule has 8 nitrogen and oxygen atoms in total. The first-order valence-corrected chi connectivity index (χ1v) is 11.9. The average molecular weight is 484 g/mol. The Hall–Kier alpha value is -2.95. The van der Waals surface area contributed by atoms with Crippen LogP contribution in [0.25, 0.3) is 17.2 Å². The summed E-state index contributed by atoms with van der Waals surface area (Å²) in [5.41, 5.74) is 1.62. The lowest BCUT2D eigenvalue weighted by Crippen LogP contribution is -2.28. The minimum absolute atomic E-state index is 0.0145. The topological polar surface area (TPSA) is 83.3 Å². The van der Waals surface area contributed by atoms with E-state index in [0.717, 1.165) is 6.42 Å². The second-order valence-electron chi connectivity index (χ2n) is 9.73. The molecule has 6 rings (SSSR count). The lowest BCUT2D eigenvalue weighted by molar-refractivity contribution is -0.191. The quantitative estimate of drug-likeness (QED) is 0.576. The number of anilines is 1. The van der Waals surface area contributed by atoms with Crippen molar-refractivity contribution in [2.45, 2.75) is 75.7 Å². The van der Waals surface area contributed by atoms with Gasteiger partial charge in [0, 0.05) is 11.6 Å². The average Bonchev–Trinajstić information content (AvgIpc) is 3.57. The number of alkyl halides is 1. The van der Waals surface area contributed by atoms with Gasteiger partial charge in [0.15, 0.2) is 29.0 Å². The predicted molar refractivity (Wildman–Crippen MR) is 125 cm³/mol. The number of ether oxygens (including phenoxy) is 3. The van der Waals surface area contributed by atoms with Crippen LogP contribution in [0.2, 0.25) is 0 Å². The number of halogens is 2. The van der Waals surface area contributed by atoms with E-state index in [-0.39, 0.29) is 11.9 Å². The summed E-state index contributed by atoms with van der Waals surface area (Å²) in [6.07, 6.45) is 5.73. The van der Waals surface area contributed by atoms with E-state index in [1.165, 1.54) is 12.4 Å². The molecule has 3 fully saturated rings. The molecule has 1 aliphatic carbocycles. The normalized spacial score (nSPS) is 32.0. The molecule has 0 radical (unpaired) electrons. The molecule has 2 saturated heterocycles. The van der Waals surface area contributed by atoms with E-state index < -0.39 is 36.5 Å². The van der Waals surface area contributed by atoms with E-state index in [0.29, 0.717) is 35.4 Å². The van der Waals surface area contributed by atoms with Crippen molar-refractivity contribution in [3.63, 3.8) is 0 Å². The van der Waals surface area contributed by atoms with Gasteiger partial charge in [-0.2, -0.15) is 0 Å². The van der Waals surface area contributed by atoms with Crippen molar-refractivity contribution in [3.05, 3.63) is 54.4 Å². The third kappa shape index (κ3) is 4.19. The number of hydrogen-bond acceptors (Lipinski definition) is 7. The molecule has 1 aromatic carbocycles. The lowest BCUT2D eigenvalue weighted by atomic mass is 10.1. The minimum Gasteiger partial charge on any atom is -0.365 e. The van der Waals surface area contributed by atoms with Crippen LogP contribution in [0, 0.1) is 5.82 Å². The summed E-state index contributed by atoms with van der Waals surface area (Å²) in [6.45, 7) is 3.71. The predicted octanol–water partition coefficient (Wildman–Crippen LogP) is 4.40. The number of benzene rings is 1. The van der Waals surface area contributed by atoms with E-state index >= 15 is 0 Å². The van der Waals surface area contributed by atoms with Crippen LogP contribution in [0.15, 0.2) is 43.0 Å². The number of nitrogens with one attached hydrogen (secondary N) is 1. The molecule has 10 heteroatoms. The molecule has 184 valence electrons. The molecule has 0 amide bonds. The molecule has 2 aliphatic heterocycles. The number of nitrogens with zero attached hydrogens (tertiary/aromatic N) is 4. The zero-order valence-electron chi connectivity index (χ0n) is 19.5. The van der Waals surface area contributed by atoms with Gasteiger partial charge >= 0.3 is 0 Å². The van der Waals surface area contributed by atoms with Crippen molar-refractivity contribution in [2.75, 3.05) is 5.32 Å². The van der Waals surface area contributed by atoms with Crippen LogP contribution in [0.5, 0.6) is 0 Å². The molecule has 1 saturated carbocycles. The Balaban J connectivity index is 1.30. The molecule has 2 aromatic heterocycles. The summed E-state index contributed by atoms with van der Waals surface area (Å²) in [7, 11) is 0. The van der Waals surface area contributed by atoms with E-state index in [9.17, 15) is 8.78 Å². The second kappa shape index (κ2) is 8.61. The summed E-state index contributed by atoms with van der Waals surface area (Å²) in [5.74, 6) is -0.537. The molecule has 3 aliphatic rings. The summed E-state index contributed by atoms with van der Waals surface area (Å²) >= 11 is 0. The summed E-state index contributed by atoms with van der Waals surface area (Å²) in [4.78, 5) is 13.3. The molecule has 6 atom stereocenters. The van der Waals surface area contributed by atoms with Crippen LogP contribution in [-0.2, 0) is 14.2 Å². The fourth-order valence-corrected chi connectivity index (χ4v) is 5.19. The third-order valence-corrected chi connectivity index (χ3v) is 6.78. The number of hydrogen-bond donors (Lipinski definition) is 1. The highest BCUT2D eigenvalue weighted by molar-refractivity contribution is 5.82.